The third kappa shape index (κ3) is 3.06. The second-order valence-electron chi connectivity index (χ2n) is 3.74. The van der Waals surface area contributed by atoms with Crippen LogP contribution in [0, 0.1) is 0 Å². The van der Waals surface area contributed by atoms with Gasteiger partial charge in [-0.15, -0.1) is 0 Å². The Bertz CT molecular complexity index is 260. The van der Waals surface area contributed by atoms with Crippen LogP contribution in [0.4, 0.5) is 13.2 Å². The SMILES string of the molecule is O=C(O)C(F)(F)F.OC[C@@]12CN[C@@H](CO1)C2. The minimum absolute atomic E-state index is 0.163. The van der Waals surface area contributed by atoms with Crippen LogP contribution >= 0.6 is 0 Å². The molecule has 0 saturated carbocycles. The molecule has 0 unspecified atom stereocenters. The van der Waals surface area contributed by atoms with Gasteiger partial charge in [-0.1, -0.05) is 0 Å². The van der Waals surface area contributed by atoms with Crippen LogP contribution in [0.25, 0.3) is 0 Å². The lowest BCUT2D eigenvalue weighted by atomic mass is 10.1. The number of hydrogen-bond donors (Lipinski definition) is 3. The molecule has 0 amide bonds. The maximum Gasteiger partial charge on any atom is 0.490 e. The Morgan fingerprint density at radius 1 is 1.56 bits per heavy atom. The van der Waals surface area contributed by atoms with Gasteiger partial charge in [0.15, 0.2) is 0 Å². The normalized spacial score (nSPS) is 32.1. The number of morpholine rings is 1. The number of rotatable bonds is 1. The summed E-state index contributed by atoms with van der Waals surface area (Å²) in [6, 6.07) is 0.511. The summed E-state index contributed by atoms with van der Waals surface area (Å²) in [5.74, 6) is -2.76. The van der Waals surface area contributed by atoms with Crippen molar-refractivity contribution < 1.29 is 32.9 Å². The third-order valence-corrected chi connectivity index (χ3v) is 2.45. The fraction of sp³-hybridized carbons (Fsp3) is 0.875. The van der Waals surface area contributed by atoms with E-state index in [4.69, 9.17) is 19.7 Å². The molecule has 2 aliphatic heterocycles. The molecule has 8 heteroatoms. The largest absolute Gasteiger partial charge is 0.490 e. The van der Waals surface area contributed by atoms with Crippen LogP contribution in [0.5, 0.6) is 0 Å². The number of carboxylic acids is 1. The number of carbonyl (C=O) groups is 1. The molecule has 0 aromatic rings. The topological polar surface area (TPSA) is 78.8 Å². The van der Waals surface area contributed by atoms with E-state index in [0.29, 0.717) is 6.04 Å². The average molecular weight is 243 g/mol. The Kier molecular flexibility index (Phi) is 3.76. The lowest BCUT2D eigenvalue weighted by Gasteiger charge is -2.23. The van der Waals surface area contributed by atoms with E-state index in [2.05, 4.69) is 5.32 Å². The zero-order valence-corrected chi connectivity index (χ0v) is 8.25. The maximum absolute atomic E-state index is 10.6. The summed E-state index contributed by atoms with van der Waals surface area (Å²) in [5, 5.41) is 19.3. The predicted molar refractivity (Wildman–Crippen MR) is 45.9 cm³/mol. The number of carboxylic acid groups (broad SMARTS) is 1. The molecule has 2 rings (SSSR count). The molecule has 2 aliphatic rings. The van der Waals surface area contributed by atoms with Crippen molar-refractivity contribution in [2.75, 3.05) is 19.8 Å². The van der Waals surface area contributed by atoms with Crippen molar-refractivity contribution in [3.05, 3.63) is 0 Å². The highest BCUT2D eigenvalue weighted by Crippen LogP contribution is 2.30. The van der Waals surface area contributed by atoms with Crippen molar-refractivity contribution in [3.63, 3.8) is 0 Å². The van der Waals surface area contributed by atoms with Crippen LogP contribution in [-0.2, 0) is 9.53 Å². The highest BCUT2D eigenvalue weighted by molar-refractivity contribution is 5.73. The van der Waals surface area contributed by atoms with E-state index in [9.17, 15) is 13.2 Å². The van der Waals surface area contributed by atoms with Gasteiger partial charge in [-0.3, -0.25) is 0 Å². The number of alkyl halides is 3. The Morgan fingerprint density at radius 2 is 2.12 bits per heavy atom. The number of aliphatic hydroxyl groups is 1. The summed E-state index contributed by atoms with van der Waals surface area (Å²) < 4.78 is 37.1. The number of aliphatic hydroxyl groups excluding tert-OH is 1. The van der Waals surface area contributed by atoms with Crippen molar-refractivity contribution in [1.82, 2.24) is 5.32 Å². The second kappa shape index (κ2) is 4.56. The van der Waals surface area contributed by atoms with E-state index < -0.39 is 12.1 Å². The fourth-order valence-electron chi connectivity index (χ4n) is 1.60. The Morgan fingerprint density at radius 3 is 2.25 bits per heavy atom. The smallest absolute Gasteiger partial charge is 0.475 e. The summed E-state index contributed by atoms with van der Waals surface area (Å²) in [6.07, 6.45) is -4.09. The van der Waals surface area contributed by atoms with E-state index in [1.807, 2.05) is 0 Å². The first kappa shape index (κ1) is 13.2. The van der Waals surface area contributed by atoms with Crippen molar-refractivity contribution in [1.29, 1.82) is 0 Å². The van der Waals surface area contributed by atoms with Gasteiger partial charge in [0, 0.05) is 12.6 Å². The van der Waals surface area contributed by atoms with Crippen LogP contribution in [-0.4, -0.2) is 53.8 Å². The van der Waals surface area contributed by atoms with Gasteiger partial charge in [-0.25, -0.2) is 4.79 Å². The van der Waals surface area contributed by atoms with Gasteiger partial charge >= 0.3 is 12.1 Å². The summed E-state index contributed by atoms with van der Waals surface area (Å²) >= 11 is 0. The van der Waals surface area contributed by atoms with Crippen LogP contribution in [0.3, 0.4) is 0 Å². The van der Waals surface area contributed by atoms with E-state index >= 15 is 0 Å². The average Bonchev–Trinajstić information content (AvgIpc) is 2.77. The van der Waals surface area contributed by atoms with E-state index in [-0.39, 0.29) is 12.2 Å². The van der Waals surface area contributed by atoms with Gasteiger partial charge in [0.2, 0.25) is 0 Å². The van der Waals surface area contributed by atoms with Gasteiger partial charge in [-0.2, -0.15) is 13.2 Å². The quantitative estimate of drug-likeness (QED) is 0.591. The summed E-state index contributed by atoms with van der Waals surface area (Å²) in [7, 11) is 0. The van der Waals surface area contributed by atoms with Gasteiger partial charge < -0.3 is 20.3 Å². The van der Waals surface area contributed by atoms with E-state index in [0.717, 1.165) is 19.6 Å². The molecule has 0 aromatic heterocycles. The van der Waals surface area contributed by atoms with Crippen LogP contribution < -0.4 is 5.32 Å². The molecule has 2 atom stereocenters. The zero-order chi connectivity index (χ0) is 12.4. The molecular weight excluding hydrogens is 231 g/mol. The summed E-state index contributed by atoms with van der Waals surface area (Å²) in [4.78, 5) is 8.90. The minimum Gasteiger partial charge on any atom is -0.475 e. The first-order valence-corrected chi connectivity index (χ1v) is 4.57. The van der Waals surface area contributed by atoms with Crippen molar-refractivity contribution in [3.8, 4) is 0 Å². The van der Waals surface area contributed by atoms with Crippen LogP contribution in [0.1, 0.15) is 6.42 Å². The van der Waals surface area contributed by atoms with E-state index in [1.165, 1.54) is 0 Å². The summed E-state index contributed by atoms with van der Waals surface area (Å²) in [6.45, 7) is 1.77. The number of ether oxygens (including phenoxy) is 1. The van der Waals surface area contributed by atoms with Gasteiger partial charge in [0.1, 0.15) is 5.60 Å². The molecule has 5 nitrogen and oxygen atoms in total. The van der Waals surface area contributed by atoms with Crippen molar-refractivity contribution in [2.45, 2.75) is 24.2 Å². The Balaban J connectivity index is 0.000000168. The maximum atomic E-state index is 10.6. The standard InChI is InChI=1S/C6H11NO2.C2HF3O2/c8-4-6-1-5(2-9-6)7-3-6;3-2(4,5)1(6)7/h5,7-8H,1-4H2;(H,6,7)/t5-,6-;/m1./s1. The van der Waals surface area contributed by atoms with Gasteiger partial charge in [-0.05, 0) is 6.42 Å². The first-order chi connectivity index (χ1) is 7.29. The lowest BCUT2D eigenvalue weighted by Crippen LogP contribution is -2.41. The Hall–Kier alpha value is -0.860. The van der Waals surface area contributed by atoms with Crippen LogP contribution in [0.15, 0.2) is 0 Å². The van der Waals surface area contributed by atoms with Gasteiger partial charge in [0.05, 0.1) is 13.2 Å². The monoisotopic (exact) mass is 243 g/mol. The molecule has 2 fully saturated rings. The van der Waals surface area contributed by atoms with Crippen molar-refractivity contribution >= 4 is 5.97 Å². The highest BCUT2D eigenvalue weighted by Gasteiger charge is 2.45. The number of hydrogen-bond acceptors (Lipinski definition) is 4. The predicted octanol–water partition coefficient (Wildman–Crippen LogP) is -0.257. The molecule has 2 saturated heterocycles. The number of fused-ring (bicyclic) bond motifs is 2. The highest BCUT2D eigenvalue weighted by atomic mass is 19.4. The molecule has 2 heterocycles. The molecule has 16 heavy (non-hydrogen) atoms. The van der Waals surface area contributed by atoms with E-state index in [1.54, 1.807) is 0 Å². The number of aliphatic carboxylic acids is 1. The van der Waals surface area contributed by atoms with Crippen LogP contribution in [0.2, 0.25) is 0 Å². The summed E-state index contributed by atoms with van der Waals surface area (Å²) in [5.41, 5.74) is -0.204. The zero-order valence-electron chi connectivity index (χ0n) is 8.25. The molecule has 0 spiro atoms. The molecular formula is C8H12F3NO4. The van der Waals surface area contributed by atoms with Crippen molar-refractivity contribution in [2.24, 2.45) is 0 Å². The third-order valence-electron chi connectivity index (χ3n) is 2.45. The Labute approximate surface area is 89.2 Å². The van der Waals surface area contributed by atoms with Gasteiger partial charge in [0.25, 0.3) is 0 Å². The molecule has 2 bridgehead atoms. The number of halogens is 3. The molecule has 94 valence electrons. The minimum atomic E-state index is -5.08. The molecule has 0 aliphatic carbocycles. The second-order valence-corrected chi connectivity index (χ2v) is 3.74. The number of nitrogens with one attached hydrogen (secondary N) is 1. The molecule has 0 radical (unpaired) electrons. The lowest BCUT2D eigenvalue weighted by molar-refractivity contribution is -0.192. The molecule has 3 N–H and O–H groups in total. The fourth-order valence-corrected chi connectivity index (χ4v) is 1.60. The first-order valence-electron chi connectivity index (χ1n) is 4.57. The molecule has 0 aromatic carbocycles.